The highest BCUT2D eigenvalue weighted by atomic mass is 32.2. The van der Waals surface area contributed by atoms with Crippen LogP contribution in [0, 0.1) is 29.1 Å². The second-order valence-corrected chi connectivity index (χ2v) is 5.86. The van der Waals surface area contributed by atoms with Crippen LogP contribution in [0.5, 0.6) is 0 Å². The predicted octanol–water partition coefficient (Wildman–Crippen LogP) is 1.02. The lowest BCUT2D eigenvalue weighted by molar-refractivity contribution is 0.357. The number of sulfonamides is 1. The number of benzene rings is 1. The van der Waals surface area contributed by atoms with Crippen molar-refractivity contribution in [1.82, 2.24) is 10.0 Å². The van der Waals surface area contributed by atoms with Gasteiger partial charge < -0.3 is 5.32 Å². The molecule has 2 rings (SSSR count). The van der Waals surface area contributed by atoms with Crippen LogP contribution >= 0.6 is 0 Å². The molecule has 0 bridgehead atoms. The Morgan fingerprint density at radius 2 is 1.45 bits per heavy atom. The third-order valence-electron chi connectivity index (χ3n) is 2.82. The van der Waals surface area contributed by atoms with Crippen molar-refractivity contribution in [3.8, 4) is 0 Å². The average molecular weight is 316 g/mol. The number of nitrogens with one attached hydrogen (secondary N) is 2. The van der Waals surface area contributed by atoms with E-state index in [-0.39, 0.29) is 6.54 Å². The van der Waals surface area contributed by atoms with Gasteiger partial charge in [0, 0.05) is 12.6 Å². The zero-order valence-corrected chi connectivity index (χ0v) is 10.6. The molecule has 0 unspecified atom stereocenters. The summed E-state index contributed by atoms with van der Waals surface area (Å²) in [5, 5.41) is 2.78. The lowest BCUT2D eigenvalue weighted by Crippen LogP contribution is -2.37. The van der Waals surface area contributed by atoms with Gasteiger partial charge >= 0.3 is 0 Å². The van der Waals surface area contributed by atoms with Crippen LogP contribution in [0.1, 0.15) is 6.42 Å². The van der Waals surface area contributed by atoms with E-state index in [4.69, 9.17) is 0 Å². The van der Waals surface area contributed by atoms with Crippen LogP contribution in [0.15, 0.2) is 4.90 Å². The molecule has 0 aromatic heterocycles. The monoisotopic (exact) mass is 316 g/mol. The van der Waals surface area contributed by atoms with Crippen LogP contribution in [0.25, 0.3) is 0 Å². The van der Waals surface area contributed by atoms with Crippen LogP contribution in [-0.4, -0.2) is 27.5 Å². The molecule has 0 radical (unpaired) electrons. The molecule has 0 saturated carbocycles. The molecule has 4 nitrogen and oxygen atoms in total. The topological polar surface area (TPSA) is 58.2 Å². The fraction of sp³-hybridized carbons (Fsp3) is 0.400. The minimum atomic E-state index is -4.85. The Morgan fingerprint density at radius 3 is 1.90 bits per heavy atom. The van der Waals surface area contributed by atoms with Crippen molar-refractivity contribution in [1.29, 1.82) is 0 Å². The van der Waals surface area contributed by atoms with E-state index in [0.717, 1.165) is 0 Å². The van der Waals surface area contributed by atoms with E-state index in [2.05, 4.69) is 5.32 Å². The standard InChI is InChI=1S/C10H9F5N2O2S/c11-5-6(12)8(14)10(9(15)7(5)13)20(18,19)17-4-1-2-16-3-4/h4,16-17H,1-3H2/t4-/m1/s1. The molecular weight excluding hydrogens is 307 g/mol. The Balaban J connectivity index is 2.51. The molecule has 0 amide bonds. The molecule has 1 fully saturated rings. The minimum absolute atomic E-state index is 0.203. The second kappa shape index (κ2) is 5.26. The molecule has 1 aliphatic rings. The molecule has 0 spiro atoms. The Morgan fingerprint density at radius 1 is 0.950 bits per heavy atom. The summed E-state index contributed by atoms with van der Waals surface area (Å²) in [6.45, 7) is 0.679. The van der Waals surface area contributed by atoms with E-state index in [0.29, 0.717) is 13.0 Å². The summed E-state index contributed by atoms with van der Waals surface area (Å²) in [6, 6.07) is -0.671. The van der Waals surface area contributed by atoms with Crippen molar-refractivity contribution in [2.24, 2.45) is 0 Å². The summed E-state index contributed by atoms with van der Waals surface area (Å²) in [4.78, 5) is -1.86. The van der Waals surface area contributed by atoms with Gasteiger partial charge in [0.15, 0.2) is 28.2 Å². The van der Waals surface area contributed by atoms with E-state index < -0.39 is 50.0 Å². The van der Waals surface area contributed by atoms with Crippen molar-refractivity contribution in [2.75, 3.05) is 13.1 Å². The van der Waals surface area contributed by atoms with Crippen molar-refractivity contribution in [2.45, 2.75) is 17.4 Å². The Kier molecular flexibility index (Phi) is 3.98. The van der Waals surface area contributed by atoms with Crippen molar-refractivity contribution in [3.05, 3.63) is 29.1 Å². The van der Waals surface area contributed by atoms with Crippen LogP contribution in [0.4, 0.5) is 22.0 Å². The second-order valence-electron chi connectivity index (χ2n) is 4.21. The van der Waals surface area contributed by atoms with Gasteiger partial charge in [-0.2, -0.15) is 0 Å². The van der Waals surface area contributed by atoms with Gasteiger partial charge in [0.2, 0.25) is 15.8 Å². The highest BCUT2D eigenvalue weighted by Gasteiger charge is 2.35. The molecule has 10 heteroatoms. The third kappa shape index (κ3) is 2.50. The van der Waals surface area contributed by atoms with Gasteiger partial charge in [-0.15, -0.1) is 0 Å². The van der Waals surface area contributed by atoms with Gasteiger partial charge in [-0.3, -0.25) is 0 Å². The first-order valence-corrected chi connectivity index (χ1v) is 6.98. The van der Waals surface area contributed by atoms with E-state index in [9.17, 15) is 30.4 Å². The maximum atomic E-state index is 13.4. The first kappa shape index (κ1) is 15.1. The first-order chi connectivity index (χ1) is 9.25. The van der Waals surface area contributed by atoms with Crippen LogP contribution in [-0.2, 0) is 10.0 Å². The van der Waals surface area contributed by atoms with Gasteiger partial charge in [0.25, 0.3) is 0 Å². The molecular formula is C10H9F5N2O2S. The van der Waals surface area contributed by atoms with Crippen LogP contribution < -0.4 is 10.0 Å². The molecule has 112 valence electrons. The number of hydrogen-bond acceptors (Lipinski definition) is 3. The minimum Gasteiger partial charge on any atom is -0.315 e. The van der Waals surface area contributed by atoms with Crippen molar-refractivity contribution >= 4 is 10.0 Å². The molecule has 1 atom stereocenters. The fourth-order valence-electron chi connectivity index (χ4n) is 1.85. The first-order valence-electron chi connectivity index (χ1n) is 5.50. The van der Waals surface area contributed by atoms with Crippen LogP contribution in [0.3, 0.4) is 0 Å². The Bertz CT molecular complexity index is 615. The van der Waals surface area contributed by atoms with E-state index in [1.54, 1.807) is 0 Å². The van der Waals surface area contributed by atoms with E-state index >= 15 is 0 Å². The molecule has 2 N–H and O–H groups in total. The number of hydrogen-bond donors (Lipinski definition) is 2. The maximum absolute atomic E-state index is 13.4. The van der Waals surface area contributed by atoms with E-state index in [1.807, 2.05) is 4.72 Å². The van der Waals surface area contributed by atoms with Gasteiger partial charge in [-0.1, -0.05) is 0 Å². The van der Waals surface area contributed by atoms with Gasteiger partial charge in [0.1, 0.15) is 0 Å². The summed E-state index contributed by atoms with van der Waals surface area (Å²) in [6.07, 6.45) is 0.342. The highest BCUT2D eigenvalue weighted by molar-refractivity contribution is 7.89. The average Bonchev–Trinajstić information content (AvgIpc) is 2.86. The summed E-state index contributed by atoms with van der Waals surface area (Å²) in [7, 11) is -4.85. The van der Waals surface area contributed by atoms with Gasteiger partial charge in [0.05, 0.1) is 0 Å². The molecule has 1 aromatic carbocycles. The number of rotatable bonds is 3. The Labute approximate surface area is 111 Å². The molecule has 20 heavy (non-hydrogen) atoms. The zero-order valence-electron chi connectivity index (χ0n) is 9.81. The maximum Gasteiger partial charge on any atom is 0.246 e. The quantitative estimate of drug-likeness (QED) is 0.497. The lowest BCUT2D eigenvalue weighted by Gasteiger charge is -2.14. The zero-order chi connectivity index (χ0) is 15.1. The third-order valence-corrected chi connectivity index (χ3v) is 4.36. The fourth-order valence-corrected chi connectivity index (χ4v) is 3.26. The van der Waals surface area contributed by atoms with Crippen molar-refractivity contribution in [3.63, 3.8) is 0 Å². The van der Waals surface area contributed by atoms with E-state index in [1.165, 1.54) is 0 Å². The Hall–Kier alpha value is -1.26. The summed E-state index contributed by atoms with van der Waals surface area (Å²) >= 11 is 0. The molecule has 0 aliphatic carbocycles. The predicted molar refractivity (Wildman–Crippen MR) is 57.8 cm³/mol. The summed E-state index contributed by atoms with van der Waals surface area (Å²) < 4.78 is 91.1. The molecule has 1 aliphatic heterocycles. The number of halogens is 5. The summed E-state index contributed by atoms with van der Waals surface area (Å²) in [5.74, 6) is -11.7. The largest absolute Gasteiger partial charge is 0.315 e. The van der Waals surface area contributed by atoms with Gasteiger partial charge in [-0.05, 0) is 13.0 Å². The molecule has 1 saturated heterocycles. The smallest absolute Gasteiger partial charge is 0.246 e. The normalized spacial score (nSPS) is 19.6. The molecule has 1 heterocycles. The van der Waals surface area contributed by atoms with Gasteiger partial charge in [-0.25, -0.2) is 35.1 Å². The van der Waals surface area contributed by atoms with Crippen molar-refractivity contribution < 1.29 is 30.4 Å². The molecule has 1 aromatic rings. The summed E-state index contributed by atoms with van der Waals surface area (Å²) in [5.41, 5.74) is 0. The van der Waals surface area contributed by atoms with Crippen LogP contribution in [0.2, 0.25) is 0 Å². The lowest BCUT2D eigenvalue weighted by atomic mass is 10.3. The SMILES string of the molecule is O=S(=O)(N[C@@H]1CCNC1)c1c(F)c(F)c(F)c(F)c1F. The highest BCUT2D eigenvalue weighted by Crippen LogP contribution is 2.26.